The van der Waals surface area contributed by atoms with Gasteiger partial charge >= 0.3 is 6.36 Å². The minimum atomic E-state index is -4.68. The van der Waals surface area contributed by atoms with E-state index in [0.29, 0.717) is 17.8 Å². The maximum Gasteiger partial charge on any atom is 0.573 e. The monoisotopic (exact) mass is 383 g/mol. The Hall–Kier alpha value is -1.92. The Morgan fingerprint density at radius 2 is 1.30 bits per heavy atom. The number of hydrogen-bond donors (Lipinski definition) is 2. The molecule has 7 heteroatoms. The van der Waals surface area contributed by atoms with E-state index in [1.807, 2.05) is 0 Å². The average molecular weight is 383 g/mol. The third-order valence-electron chi connectivity index (χ3n) is 5.20. The summed E-state index contributed by atoms with van der Waals surface area (Å²) in [6, 6.07) is 6.50. The van der Waals surface area contributed by atoms with Crippen molar-refractivity contribution in [3.8, 4) is 5.75 Å². The van der Waals surface area contributed by atoms with Crippen molar-refractivity contribution in [2.24, 2.45) is 4.99 Å². The minimum absolute atomic E-state index is 0.233. The van der Waals surface area contributed by atoms with Crippen LogP contribution in [0.15, 0.2) is 29.3 Å². The molecule has 0 aromatic heterocycles. The number of rotatable bonds is 4. The van der Waals surface area contributed by atoms with E-state index in [-0.39, 0.29) is 5.75 Å². The number of alkyl halides is 3. The molecule has 1 aromatic carbocycles. The highest BCUT2D eigenvalue weighted by Gasteiger charge is 2.31. The van der Waals surface area contributed by atoms with E-state index in [0.717, 1.165) is 31.6 Å². The molecule has 0 saturated heterocycles. The van der Waals surface area contributed by atoms with Gasteiger partial charge in [0.1, 0.15) is 5.75 Å². The van der Waals surface area contributed by atoms with Gasteiger partial charge in [-0.3, -0.25) is 0 Å². The molecular formula is C20H28F3N3O. The number of nitrogens with one attached hydrogen (secondary N) is 2. The molecule has 27 heavy (non-hydrogen) atoms. The van der Waals surface area contributed by atoms with Crippen LogP contribution in [0.1, 0.15) is 64.2 Å². The summed E-state index contributed by atoms with van der Waals surface area (Å²) in [5.41, 5.74) is 0.603. The smallest absolute Gasteiger partial charge is 0.406 e. The summed E-state index contributed by atoms with van der Waals surface area (Å²) in [6.07, 6.45) is 7.27. The third kappa shape index (κ3) is 6.96. The van der Waals surface area contributed by atoms with Gasteiger partial charge in [-0.25, -0.2) is 4.99 Å². The predicted molar refractivity (Wildman–Crippen MR) is 100 cm³/mol. The van der Waals surface area contributed by atoms with Gasteiger partial charge in [-0.15, -0.1) is 13.2 Å². The zero-order valence-electron chi connectivity index (χ0n) is 15.5. The van der Waals surface area contributed by atoms with Gasteiger partial charge in [0.15, 0.2) is 5.96 Å². The molecule has 0 radical (unpaired) electrons. The second-order valence-electron chi connectivity index (χ2n) is 7.46. The van der Waals surface area contributed by atoms with Crippen molar-refractivity contribution in [2.45, 2.75) is 82.7 Å². The lowest BCUT2D eigenvalue weighted by molar-refractivity contribution is -0.274. The highest BCUT2D eigenvalue weighted by molar-refractivity contribution is 5.83. The highest BCUT2D eigenvalue weighted by Crippen LogP contribution is 2.25. The predicted octanol–water partition coefficient (Wildman–Crippen LogP) is 5.42. The lowest BCUT2D eigenvalue weighted by Crippen LogP contribution is -2.48. The van der Waals surface area contributed by atoms with Gasteiger partial charge in [-0.2, -0.15) is 0 Å². The lowest BCUT2D eigenvalue weighted by Gasteiger charge is -2.29. The molecule has 0 unspecified atom stereocenters. The molecular weight excluding hydrogens is 355 g/mol. The van der Waals surface area contributed by atoms with Crippen LogP contribution in [0.2, 0.25) is 0 Å². The summed E-state index contributed by atoms with van der Waals surface area (Å²) in [5.74, 6) is 0.502. The molecule has 3 rings (SSSR count). The number of hydrogen-bond acceptors (Lipinski definition) is 2. The van der Waals surface area contributed by atoms with Crippen molar-refractivity contribution in [3.63, 3.8) is 0 Å². The molecule has 2 saturated carbocycles. The summed E-state index contributed by atoms with van der Waals surface area (Å²) < 4.78 is 40.8. The molecule has 0 atom stereocenters. The van der Waals surface area contributed by atoms with E-state index in [4.69, 9.17) is 0 Å². The van der Waals surface area contributed by atoms with Crippen molar-refractivity contribution < 1.29 is 17.9 Å². The van der Waals surface area contributed by atoms with Gasteiger partial charge in [0, 0.05) is 12.1 Å². The average Bonchev–Trinajstić information content (AvgIpc) is 2.64. The van der Waals surface area contributed by atoms with Gasteiger partial charge in [-0.05, 0) is 49.9 Å². The summed E-state index contributed by atoms with van der Waals surface area (Å²) in [7, 11) is 0. The molecule has 2 fully saturated rings. The van der Waals surface area contributed by atoms with Crippen LogP contribution in [0.5, 0.6) is 5.75 Å². The summed E-state index contributed by atoms with van der Waals surface area (Å²) in [4.78, 5) is 4.64. The highest BCUT2D eigenvalue weighted by atomic mass is 19.4. The Kier molecular flexibility index (Phi) is 6.85. The maximum atomic E-state index is 12.3. The maximum absolute atomic E-state index is 12.3. The topological polar surface area (TPSA) is 45.6 Å². The number of halogens is 3. The number of guanidine groups is 1. The molecule has 0 heterocycles. The van der Waals surface area contributed by atoms with E-state index in [1.54, 1.807) is 12.1 Å². The Morgan fingerprint density at radius 1 is 0.815 bits per heavy atom. The number of benzene rings is 1. The van der Waals surface area contributed by atoms with Crippen LogP contribution in [0.4, 0.5) is 18.9 Å². The largest absolute Gasteiger partial charge is 0.573 e. The Morgan fingerprint density at radius 3 is 1.74 bits per heavy atom. The van der Waals surface area contributed by atoms with E-state index >= 15 is 0 Å². The van der Waals surface area contributed by atoms with Crippen LogP contribution in [0.3, 0.4) is 0 Å². The first-order chi connectivity index (χ1) is 13.0. The van der Waals surface area contributed by atoms with Crippen LogP contribution in [0.25, 0.3) is 0 Å². The molecule has 2 aliphatic rings. The lowest BCUT2D eigenvalue weighted by atomic mass is 9.95. The molecule has 150 valence electrons. The van der Waals surface area contributed by atoms with Crippen molar-refractivity contribution >= 4 is 11.6 Å². The molecule has 4 nitrogen and oxygen atoms in total. The Labute approximate surface area is 158 Å². The van der Waals surface area contributed by atoms with E-state index < -0.39 is 6.36 Å². The van der Waals surface area contributed by atoms with Crippen molar-refractivity contribution in [1.82, 2.24) is 10.6 Å². The molecule has 2 N–H and O–H groups in total. The van der Waals surface area contributed by atoms with E-state index in [9.17, 15) is 13.2 Å². The zero-order valence-corrected chi connectivity index (χ0v) is 15.5. The Balaban J connectivity index is 1.69. The van der Waals surface area contributed by atoms with Gasteiger partial charge in [0.2, 0.25) is 0 Å². The van der Waals surface area contributed by atoms with Gasteiger partial charge < -0.3 is 15.4 Å². The SMILES string of the molecule is FC(F)(F)Oc1ccc(N=C(NC2CCCCC2)NC2CCCCC2)cc1. The first-order valence-corrected chi connectivity index (χ1v) is 9.95. The quantitative estimate of drug-likeness (QED) is 0.539. The van der Waals surface area contributed by atoms with Crippen LogP contribution >= 0.6 is 0 Å². The first kappa shape index (κ1) is 19.8. The summed E-state index contributed by atoms with van der Waals surface area (Å²) >= 11 is 0. The van der Waals surface area contributed by atoms with Gasteiger partial charge in [0.05, 0.1) is 5.69 Å². The second-order valence-corrected chi connectivity index (χ2v) is 7.46. The molecule has 0 spiro atoms. The standard InChI is InChI=1S/C20H28F3N3O/c21-20(22,23)27-18-13-11-17(12-14-18)26-19(24-15-7-3-1-4-8-15)25-16-9-5-2-6-10-16/h11-16H,1-10H2,(H2,24,25,26). The molecule has 1 aromatic rings. The van der Waals surface area contributed by atoms with Crippen LogP contribution in [0, 0.1) is 0 Å². The van der Waals surface area contributed by atoms with Crippen molar-refractivity contribution in [3.05, 3.63) is 24.3 Å². The van der Waals surface area contributed by atoms with Gasteiger partial charge in [0.25, 0.3) is 0 Å². The normalized spacial score (nSPS) is 19.4. The summed E-state index contributed by atoms with van der Waals surface area (Å²) in [6.45, 7) is 0. The number of ether oxygens (including phenoxy) is 1. The molecule has 0 aliphatic heterocycles. The van der Waals surface area contributed by atoms with E-state index in [2.05, 4.69) is 20.4 Å². The Bertz CT molecular complexity index is 582. The second kappa shape index (κ2) is 9.33. The minimum Gasteiger partial charge on any atom is -0.406 e. The van der Waals surface area contributed by atoms with Crippen molar-refractivity contribution in [2.75, 3.05) is 0 Å². The van der Waals surface area contributed by atoms with Crippen molar-refractivity contribution in [1.29, 1.82) is 0 Å². The molecule has 0 amide bonds. The fourth-order valence-corrected chi connectivity index (χ4v) is 3.84. The fourth-order valence-electron chi connectivity index (χ4n) is 3.84. The first-order valence-electron chi connectivity index (χ1n) is 9.95. The fraction of sp³-hybridized carbons (Fsp3) is 0.650. The zero-order chi connectivity index (χ0) is 19.1. The third-order valence-corrected chi connectivity index (χ3v) is 5.20. The summed E-state index contributed by atoms with van der Waals surface area (Å²) in [5, 5.41) is 7.06. The number of nitrogens with zero attached hydrogens (tertiary/aromatic N) is 1. The van der Waals surface area contributed by atoms with E-state index in [1.165, 1.54) is 50.7 Å². The van der Waals surface area contributed by atoms with Gasteiger partial charge in [-0.1, -0.05) is 38.5 Å². The van der Waals surface area contributed by atoms with Crippen LogP contribution < -0.4 is 15.4 Å². The molecule has 0 bridgehead atoms. The number of aliphatic imine (C=N–C) groups is 1. The molecule has 2 aliphatic carbocycles. The van der Waals surface area contributed by atoms with Crippen LogP contribution in [-0.4, -0.2) is 24.4 Å². The van der Waals surface area contributed by atoms with Crippen LogP contribution in [-0.2, 0) is 0 Å².